The van der Waals surface area contributed by atoms with Crippen LogP contribution in [0.15, 0.2) is 43.3 Å². The van der Waals surface area contributed by atoms with Gasteiger partial charge in [-0.05, 0) is 34.1 Å². The van der Waals surface area contributed by atoms with E-state index in [2.05, 4.69) is 15.9 Å². The predicted molar refractivity (Wildman–Crippen MR) is 107 cm³/mol. The Hall–Kier alpha value is -2.21. The second-order valence-corrected chi connectivity index (χ2v) is 9.09. The van der Waals surface area contributed by atoms with Crippen LogP contribution < -0.4 is 15.6 Å². The van der Waals surface area contributed by atoms with Crippen molar-refractivity contribution in [3.63, 3.8) is 0 Å². The molecule has 1 heterocycles. The molecule has 0 unspecified atom stereocenters. The van der Waals surface area contributed by atoms with Crippen molar-refractivity contribution < 1.29 is 30.8 Å². The topological polar surface area (TPSA) is 98.4 Å². The molecule has 0 N–H and O–H groups in total. The Balaban J connectivity index is 2.92. The summed E-state index contributed by atoms with van der Waals surface area (Å²) in [5.74, 6) is -2.31. The van der Waals surface area contributed by atoms with Crippen molar-refractivity contribution in [3.8, 4) is 5.69 Å². The maximum absolute atomic E-state index is 14.6. The van der Waals surface area contributed by atoms with E-state index in [1.54, 1.807) is 0 Å². The SMILES string of the molecule is Cn1c(C(F)(F)F)cc(=O)n(-c2cc(N(C(=O)/C=[CH]/[Al])S(C)(=O)=O)c(Br)cc2F)c1=O. The van der Waals surface area contributed by atoms with Gasteiger partial charge < -0.3 is 0 Å². The number of sulfonamides is 1. The highest BCUT2D eigenvalue weighted by Crippen LogP contribution is 2.32. The number of hydrogen-bond donors (Lipinski definition) is 0. The summed E-state index contributed by atoms with van der Waals surface area (Å²) in [6.45, 7) is 0. The van der Waals surface area contributed by atoms with Gasteiger partial charge >= 0.3 is 11.9 Å². The van der Waals surface area contributed by atoms with E-state index < -0.39 is 56.2 Å². The van der Waals surface area contributed by atoms with Crippen LogP contribution in [0.1, 0.15) is 5.69 Å². The standard InChI is InChI=1S/C16H11BrF4N3O5S.Al/c1-4-13(25)24(30(3,28)29)10-6-11(9(18)5-8(10)17)23-14(26)7-12(16(19,20)21)22(2)15(23)27;/h1,4-7H,2-3H3;. The summed E-state index contributed by atoms with van der Waals surface area (Å²) in [5, 5.41) is 0. The molecule has 15 heteroatoms. The zero-order valence-corrected chi connectivity index (χ0v) is 19.2. The van der Waals surface area contributed by atoms with Crippen molar-refractivity contribution in [2.45, 2.75) is 6.18 Å². The molecule has 0 aliphatic rings. The molecule has 0 spiro atoms. The van der Waals surface area contributed by atoms with Gasteiger partial charge in [0, 0.05) is 17.6 Å². The lowest BCUT2D eigenvalue weighted by Gasteiger charge is -2.22. The predicted octanol–water partition coefficient (Wildman–Crippen LogP) is 1.43. The molecule has 0 saturated carbocycles. The lowest BCUT2D eigenvalue weighted by Crippen LogP contribution is -2.41. The number of halogens is 5. The van der Waals surface area contributed by atoms with Gasteiger partial charge in [-0.2, -0.15) is 18.1 Å². The van der Waals surface area contributed by atoms with Gasteiger partial charge in [0.05, 0.1) is 17.6 Å². The first-order chi connectivity index (χ1) is 14.1. The van der Waals surface area contributed by atoms with Crippen LogP contribution in [0.2, 0.25) is 0 Å². The maximum Gasteiger partial charge on any atom is 0.431 e. The molecule has 0 fully saturated rings. The number of anilines is 1. The fraction of sp³-hybridized carbons (Fsp3) is 0.188. The molecule has 0 atom stereocenters. The van der Waals surface area contributed by atoms with Crippen molar-refractivity contribution in [2.24, 2.45) is 7.05 Å². The van der Waals surface area contributed by atoms with Gasteiger partial charge in [0.2, 0.25) is 10.0 Å². The van der Waals surface area contributed by atoms with Crippen molar-refractivity contribution in [1.29, 1.82) is 0 Å². The molecule has 2 radical (unpaired) electrons. The second-order valence-electron chi connectivity index (χ2n) is 6.02. The summed E-state index contributed by atoms with van der Waals surface area (Å²) in [6, 6.07) is 1.45. The average molecular weight is 540 g/mol. The lowest BCUT2D eigenvalue weighted by molar-refractivity contribution is -0.144. The zero-order valence-electron chi connectivity index (χ0n) is 15.6. The summed E-state index contributed by atoms with van der Waals surface area (Å²) in [7, 11) is -3.55. The van der Waals surface area contributed by atoms with Crippen molar-refractivity contribution in [1.82, 2.24) is 9.13 Å². The van der Waals surface area contributed by atoms with Gasteiger partial charge in [0.1, 0.15) is 11.5 Å². The molecule has 0 saturated heterocycles. The van der Waals surface area contributed by atoms with Crippen LogP contribution in [-0.4, -0.2) is 46.0 Å². The molecule has 31 heavy (non-hydrogen) atoms. The van der Waals surface area contributed by atoms with E-state index in [4.69, 9.17) is 0 Å². The molecule has 2 aromatic rings. The van der Waals surface area contributed by atoms with Crippen LogP contribution in [0.5, 0.6) is 0 Å². The Bertz CT molecular complexity index is 1320. The Labute approximate surface area is 189 Å². The van der Waals surface area contributed by atoms with E-state index in [1.165, 1.54) is 0 Å². The van der Waals surface area contributed by atoms with Crippen LogP contribution in [0.4, 0.5) is 23.2 Å². The van der Waals surface area contributed by atoms with Gasteiger partial charge in [-0.3, -0.25) is 14.2 Å². The number of hydrogen-bond acceptors (Lipinski definition) is 5. The third-order valence-electron chi connectivity index (χ3n) is 3.86. The molecule has 164 valence electrons. The third kappa shape index (κ3) is 5.00. The number of aromatic nitrogens is 2. The van der Waals surface area contributed by atoms with Crippen LogP contribution >= 0.6 is 15.9 Å². The number of nitrogens with zero attached hydrogens (tertiary/aromatic N) is 3. The second kappa shape index (κ2) is 8.73. The largest absolute Gasteiger partial charge is 0.431 e. The van der Waals surface area contributed by atoms with E-state index in [0.717, 1.165) is 18.1 Å². The van der Waals surface area contributed by atoms with E-state index >= 15 is 0 Å². The Morgan fingerprint density at radius 2 is 1.81 bits per heavy atom. The smallest absolute Gasteiger partial charge is 0.292 e. The fourth-order valence-corrected chi connectivity index (χ4v) is 4.25. The number of alkyl halides is 3. The molecule has 1 amide bonds. The minimum absolute atomic E-state index is 0.0942. The summed E-state index contributed by atoms with van der Waals surface area (Å²) >= 11 is 4.96. The molecule has 0 aliphatic carbocycles. The molecule has 2 rings (SSSR count). The van der Waals surface area contributed by atoms with Crippen molar-refractivity contribution in [3.05, 3.63) is 66.0 Å². The van der Waals surface area contributed by atoms with E-state index in [9.17, 15) is 40.4 Å². The van der Waals surface area contributed by atoms with Gasteiger partial charge in [0.25, 0.3) is 11.5 Å². The molecule has 0 aliphatic heterocycles. The minimum Gasteiger partial charge on any atom is -0.292 e. The van der Waals surface area contributed by atoms with Gasteiger partial charge in [0.15, 0.2) is 16.3 Å². The molecular weight excluding hydrogens is 529 g/mol. The molecule has 0 bridgehead atoms. The fourth-order valence-electron chi connectivity index (χ4n) is 2.58. The quantitative estimate of drug-likeness (QED) is 0.332. The van der Waals surface area contributed by atoms with Crippen LogP contribution in [0.25, 0.3) is 5.69 Å². The number of carbonyl (C=O) groups is 1. The monoisotopic (exact) mass is 539 g/mol. The van der Waals surface area contributed by atoms with E-state index in [-0.39, 0.29) is 24.0 Å². The highest BCUT2D eigenvalue weighted by Gasteiger charge is 2.35. The summed E-state index contributed by atoms with van der Waals surface area (Å²) in [4.78, 5) is 38.2. The Kier molecular flexibility index (Phi) is 7.06. The van der Waals surface area contributed by atoms with Crippen LogP contribution in [0.3, 0.4) is 0 Å². The number of amides is 1. The Morgan fingerprint density at radius 1 is 1.23 bits per heavy atom. The summed E-state index contributed by atoms with van der Waals surface area (Å²) in [5.41, 5.74) is -5.93. The van der Waals surface area contributed by atoms with Crippen LogP contribution in [0, 0.1) is 5.82 Å². The molecule has 1 aromatic carbocycles. The van der Waals surface area contributed by atoms with Gasteiger partial charge in [-0.15, -0.1) is 0 Å². The van der Waals surface area contributed by atoms with E-state index in [0.29, 0.717) is 18.4 Å². The van der Waals surface area contributed by atoms with E-state index in [1.807, 2.05) is 16.3 Å². The number of benzene rings is 1. The van der Waals surface area contributed by atoms with Crippen molar-refractivity contribution >= 4 is 53.8 Å². The highest BCUT2D eigenvalue weighted by atomic mass is 79.9. The summed E-state index contributed by atoms with van der Waals surface area (Å²) in [6.07, 6.45) is -3.48. The molecular formula is C16H11AlBrF4N3O5S. The lowest BCUT2D eigenvalue weighted by atomic mass is 10.2. The summed E-state index contributed by atoms with van der Waals surface area (Å²) < 4.78 is 78.3. The first-order valence-electron chi connectivity index (χ1n) is 7.93. The van der Waals surface area contributed by atoms with Gasteiger partial charge in [-0.25, -0.2) is 26.5 Å². The molecule has 8 nitrogen and oxygen atoms in total. The Morgan fingerprint density at radius 3 is 2.29 bits per heavy atom. The average Bonchev–Trinajstić information content (AvgIpc) is 2.59. The highest BCUT2D eigenvalue weighted by molar-refractivity contribution is 9.10. The first-order valence-corrected chi connectivity index (χ1v) is 11.2. The number of rotatable bonds is 4. The third-order valence-corrected chi connectivity index (χ3v) is 5.72. The first kappa shape index (κ1) is 25.1. The zero-order chi connectivity index (χ0) is 23.9. The minimum atomic E-state index is -5.03. The van der Waals surface area contributed by atoms with Gasteiger partial charge in [-0.1, -0.05) is 0 Å². The number of carbonyl (C=O) groups excluding carboxylic acids is 1. The normalized spacial score (nSPS) is 12.4. The maximum atomic E-state index is 14.6. The van der Waals surface area contributed by atoms with Crippen LogP contribution in [-0.2, 0) is 28.0 Å². The van der Waals surface area contributed by atoms with Crippen molar-refractivity contribution in [2.75, 3.05) is 10.6 Å². The molecule has 1 aromatic heterocycles.